The molecule has 17 heavy (non-hydrogen) atoms. The smallest absolute Gasteiger partial charge is 0.195 e. The van der Waals surface area contributed by atoms with Crippen molar-refractivity contribution in [3.05, 3.63) is 35.9 Å². The molecule has 0 aliphatic heterocycles. The highest BCUT2D eigenvalue weighted by Crippen LogP contribution is 2.19. The molecule has 0 aromatic carbocycles. The van der Waals surface area contributed by atoms with Gasteiger partial charge in [0, 0.05) is 30.5 Å². The minimum Gasteiger partial charge on any atom is -0.461 e. The summed E-state index contributed by atoms with van der Waals surface area (Å²) in [7, 11) is 0. The Morgan fingerprint density at radius 1 is 1.29 bits per heavy atom. The summed E-state index contributed by atoms with van der Waals surface area (Å²) >= 11 is 0. The van der Waals surface area contributed by atoms with Gasteiger partial charge in [-0.3, -0.25) is 0 Å². The summed E-state index contributed by atoms with van der Waals surface area (Å²) in [4.78, 5) is 8.63. The first-order chi connectivity index (χ1) is 8.16. The zero-order valence-electron chi connectivity index (χ0n) is 10.4. The third-order valence-corrected chi connectivity index (χ3v) is 2.48. The molecule has 4 nitrogen and oxygen atoms in total. The number of aromatic nitrogens is 2. The minimum absolute atomic E-state index is 0.460. The quantitative estimate of drug-likeness (QED) is 0.878. The molecule has 4 heteroatoms. The van der Waals surface area contributed by atoms with Crippen molar-refractivity contribution in [3.8, 4) is 11.6 Å². The van der Waals surface area contributed by atoms with E-state index in [0.717, 1.165) is 23.4 Å². The van der Waals surface area contributed by atoms with Gasteiger partial charge in [-0.15, -0.1) is 0 Å². The molecule has 0 atom stereocenters. The van der Waals surface area contributed by atoms with Crippen LogP contribution >= 0.6 is 0 Å². The van der Waals surface area contributed by atoms with E-state index in [9.17, 15) is 0 Å². The third kappa shape index (κ3) is 2.91. The van der Waals surface area contributed by atoms with Crippen LogP contribution in [0.2, 0.25) is 0 Å². The number of hydrogen-bond donors (Lipinski definition) is 1. The average molecular weight is 231 g/mol. The molecular formula is C13H17N3O. The van der Waals surface area contributed by atoms with Gasteiger partial charge >= 0.3 is 0 Å². The van der Waals surface area contributed by atoms with Crippen LogP contribution in [0.25, 0.3) is 11.6 Å². The second-order valence-corrected chi connectivity index (χ2v) is 4.38. The summed E-state index contributed by atoms with van der Waals surface area (Å²) in [6, 6.07) is 2.37. The van der Waals surface area contributed by atoms with Gasteiger partial charge in [0.1, 0.15) is 0 Å². The Balaban J connectivity index is 2.11. The van der Waals surface area contributed by atoms with Crippen molar-refractivity contribution in [2.75, 3.05) is 0 Å². The molecule has 90 valence electrons. The number of nitrogens with zero attached hydrogens (tertiary/aromatic N) is 2. The van der Waals surface area contributed by atoms with Crippen LogP contribution in [0.1, 0.15) is 25.0 Å². The molecule has 2 aromatic rings. The second-order valence-electron chi connectivity index (χ2n) is 4.38. The highest BCUT2D eigenvalue weighted by molar-refractivity contribution is 5.51. The van der Waals surface area contributed by atoms with Gasteiger partial charge in [-0.25, -0.2) is 9.97 Å². The molecule has 0 fully saturated rings. The summed E-state index contributed by atoms with van der Waals surface area (Å²) in [5.74, 6) is 1.38. The van der Waals surface area contributed by atoms with Gasteiger partial charge in [0.2, 0.25) is 0 Å². The lowest BCUT2D eigenvalue weighted by atomic mass is 10.2. The predicted octanol–water partition coefficient (Wildman–Crippen LogP) is 2.54. The Morgan fingerprint density at radius 2 is 2.00 bits per heavy atom. The van der Waals surface area contributed by atoms with Crippen LogP contribution in [0, 0.1) is 6.92 Å². The van der Waals surface area contributed by atoms with Gasteiger partial charge in [0.25, 0.3) is 0 Å². The lowest BCUT2D eigenvalue weighted by Crippen LogP contribution is -2.21. The highest BCUT2D eigenvalue weighted by Gasteiger charge is 2.08. The lowest BCUT2D eigenvalue weighted by Gasteiger charge is -2.07. The van der Waals surface area contributed by atoms with E-state index in [4.69, 9.17) is 4.42 Å². The monoisotopic (exact) mass is 231 g/mol. The van der Waals surface area contributed by atoms with E-state index in [1.165, 1.54) is 0 Å². The number of nitrogens with one attached hydrogen (secondary N) is 1. The van der Waals surface area contributed by atoms with Crippen molar-refractivity contribution < 1.29 is 4.42 Å². The van der Waals surface area contributed by atoms with Crippen molar-refractivity contribution in [2.24, 2.45) is 0 Å². The fourth-order valence-electron chi connectivity index (χ4n) is 1.49. The van der Waals surface area contributed by atoms with Gasteiger partial charge in [-0.05, 0) is 18.6 Å². The maximum atomic E-state index is 5.35. The first-order valence-corrected chi connectivity index (χ1v) is 5.75. The zero-order valence-corrected chi connectivity index (χ0v) is 10.4. The van der Waals surface area contributed by atoms with Crippen LogP contribution in [0.3, 0.4) is 0 Å². The summed E-state index contributed by atoms with van der Waals surface area (Å²) in [5, 5.41) is 3.32. The Kier molecular flexibility index (Phi) is 3.54. The molecule has 0 bridgehead atoms. The van der Waals surface area contributed by atoms with Gasteiger partial charge < -0.3 is 9.73 Å². The average Bonchev–Trinajstić information content (AvgIpc) is 2.73. The molecule has 0 amide bonds. The standard InChI is InChI=1S/C13H17N3O/c1-9(2)14-6-11-7-15-13(16-8-11)12-10(3)4-5-17-12/h4-5,7-9,14H,6H2,1-3H3. The SMILES string of the molecule is Cc1ccoc1-c1ncc(CNC(C)C)cn1. The van der Waals surface area contributed by atoms with Gasteiger partial charge in [0.05, 0.1) is 6.26 Å². The van der Waals surface area contributed by atoms with E-state index >= 15 is 0 Å². The van der Waals surface area contributed by atoms with Crippen molar-refractivity contribution in [2.45, 2.75) is 33.4 Å². The number of aryl methyl sites for hydroxylation is 1. The topological polar surface area (TPSA) is 51.0 Å². The second kappa shape index (κ2) is 5.10. The van der Waals surface area contributed by atoms with Crippen molar-refractivity contribution in [1.82, 2.24) is 15.3 Å². The van der Waals surface area contributed by atoms with Crippen molar-refractivity contribution in [3.63, 3.8) is 0 Å². The molecular weight excluding hydrogens is 214 g/mol. The third-order valence-electron chi connectivity index (χ3n) is 2.48. The minimum atomic E-state index is 0.460. The van der Waals surface area contributed by atoms with E-state index in [1.807, 2.05) is 25.4 Å². The van der Waals surface area contributed by atoms with Gasteiger partial charge in [-0.2, -0.15) is 0 Å². The molecule has 2 heterocycles. The molecule has 2 rings (SSSR count). The molecule has 0 unspecified atom stereocenters. The Hall–Kier alpha value is -1.68. The summed E-state index contributed by atoms with van der Waals surface area (Å²) in [6.07, 6.45) is 5.32. The normalized spacial score (nSPS) is 11.1. The zero-order chi connectivity index (χ0) is 12.3. The van der Waals surface area contributed by atoms with E-state index in [-0.39, 0.29) is 0 Å². The first kappa shape index (κ1) is 11.8. The van der Waals surface area contributed by atoms with Crippen LogP contribution in [-0.2, 0) is 6.54 Å². The molecule has 1 N–H and O–H groups in total. The molecule has 0 saturated carbocycles. The van der Waals surface area contributed by atoms with Crippen molar-refractivity contribution >= 4 is 0 Å². The van der Waals surface area contributed by atoms with Crippen LogP contribution in [0.5, 0.6) is 0 Å². The van der Waals surface area contributed by atoms with E-state index < -0.39 is 0 Å². The van der Waals surface area contributed by atoms with Crippen LogP contribution in [-0.4, -0.2) is 16.0 Å². The molecule has 0 saturated heterocycles. The van der Waals surface area contributed by atoms with E-state index in [0.29, 0.717) is 11.9 Å². The summed E-state index contributed by atoms with van der Waals surface area (Å²) in [6.45, 7) is 6.99. The maximum absolute atomic E-state index is 5.35. The molecule has 0 radical (unpaired) electrons. The fourth-order valence-corrected chi connectivity index (χ4v) is 1.49. The highest BCUT2D eigenvalue weighted by atomic mass is 16.3. The molecule has 2 aromatic heterocycles. The fraction of sp³-hybridized carbons (Fsp3) is 0.385. The van der Waals surface area contributed by atoms with E-state index in [1.54, 1.807) is 6.26 Å². The lowest BCUT2D eigenvalue weighted by molar-refractivity contribution is 0.573. The Morgan fingerprint density at radius 3 is 2.53 bits per heavy atom. The van der Waals surface area contributed by atoms with Crippen molar-refractivity contribution in [1.29, 1.82) is 0 Å². The summed E-state index contributed by atoms with van der Waals surface area (Å²) < 4.78 is 5.35. The Labute approximate surface area is 101 Å². The van der Waals surface area contributed by atoms with Crippen LogP contribution in [0.15, 0.2) is 29.1 Å². The maximum Gasteiger partial charge on any atom is 0.195 e. The number of hydrogen-bond acceptors (Lipinski definition) is 4. The van der Waals surface area contributed by atoms with E-state index in [2.05, 4.69) is 29.1 Å². The molecule has 0 spiro atoms. The van der Waals surface area contributed by atoms with Crippen LogP contribution in [0.4, 0.5) is 0 Å². The largest absolute Gasteiger partial charge is 0.461 e. The number of furan rings is 1. The first-order valence-electron chi connectivity index (χ1n) is 5.75. The van der Waals surface area contributed by atoms with Gasteiger partial charge in [-0.1, -0.05) is 13.8 Å². The Bertz CT molecular complexity index is 474. The van der Waals surface area contributed by atoms with Gasteiger partial charge in [0.15, 0.2) is 11.6 Å². The van der Waals surface area contributed by atoms with Crippen LogP contribution < -0.4 is 5.32 Å². The number of rotatable bonds is 4. The molecule has 0 aliphatic rings. The summed E-state index contributed by atoms with van der Waals surface area (Å²) in [5.41, 5.74) is 2.13. The molecule has 0 aliphatic carbocycles. The predicted molar refractivity (Wildman–Crippen MR) is 66.4 cm³/mol.